The molecule has 32 heavy (non-hydrogen) atoms. The molecule has 1 aliphatic rings. The summed E-state index contributed by atoms with van der Waals surface area (Å²) in [6.07, 6.45) is 36.9. The molecule has 0 aromatic carbocycles. The van der Waals surface area contributed by atoms with Gasteiger partial charge in [0.1, 0.15) is 0 Å². The predicted molar refractivity (Wildman–Crippen MR) is 142 cm³/mol. The van der Waals surface area contributed by atoms with E-state index in [1.807, 2.05) is 0 Å². The lowest BCUT2D eigenvalue weighted by Gasteiger charge is -2.14. The highest BCUT2D eigenvalue weighted by Crippen LogP contribution is 2.15. The van der Waals surface area contributed by atoms with Crippen LogP contribution in [-0.4, -0.2) is 23.9 Å². The number of amides is 1. The highest BCUT2D eigenvalue weighted by Gasteiger charge is 2.16. The normalized spacial score (nSPS) is 14.1. The van der Waals surface area contributed by atoms with E-state index in [0.717, 1.165) is 25.9 Å². The Morgan fingerprint density at radius 1 is 0.562 bits per heavy atom. The third kappa shape index (κ3) is 18.8. The van der Waals surface area contributed by atoms with Crippen LogP contribution in [0.5, 0.6) is 0 Å². The molecule has 1 saturated heterocycles. The summed E-state index contributed by atoms with van der Waals surface area (Å²) in [7, 11) is 0. The van der Waals surface area contributed by atoms with Crippen LogP contribution in [0.1, 0.15) is 161 Å². The van der Waals surface area contributed by atoms with Crippen molar-refractivity contribution < 1.29 is 4.79 Å². The lowest BCUT2D eigenvalue weighted by molar-refractivity contribution is -0.130. The maximum atomic E-state index is 12.0. The molecule has 0 atom stereocenters. The number of allylic oxidation sites excluding steroid dienone is 2. The van der Waals surface area contributed by atoms with E-state index in [-0.39, 0.29) is 0 Å². The molecule has 2 nitrogen and oxygen atoms in total. The van der Waals surface area contributed by atoms with Crippen molar-refractivity contribution in [1.82, 2.24) is 4.90 Å². The molecule has 1 heterocycles. The average molecular weight is 448 g/mol. The summed E-state index contributed by atoms with van der Waals surface area (Å²) in [5.74, 6) is 0.406. The van der Waals surface area contributed by atoms with Crippen LogP contribution >= 0.6 is 0 Å². The van der Waals surface area contributed by atoms with Crippen molar-refractivity contribution in [3.05, 3.63) is 12.2 Å². The first-order valence-electron chi connectivity index (χ1n) is 14.8. The van der Waals surface area contributed by atoms with Gasteiger partial charge in [-0.3, -0.25) is 4.79 Å². The SMILES string of the molecule is CCCCCC/C=C\CCCCCCCCCCCCCCCCCC(=O)N1CCCC1. The molecule has 1 fully saturated rings. The summed E-state index contributed by atoms with van der Waals surface area (Å²) >= 11 is 0. The number of likely N-dealkylation sites (tertiary alicyclic amines) is 1. The summed E-state index contributed by atoms with van der Waals surface area (Å²) in [6.45, 7) is 4.30. The van der Waals surface area contributed by atoms with Gasteiger partial charge in [-0.1, -0.05) is 122 Å². The Hall–Kier alpha value is -0.790. The third-order valence-electron chi connectivity index (χ3n) is 7.11. The Balaban J connectivity index is 1.67. The minimum Gasteiger partial charge on any atom is -0.343 e. The molecular weight excluding hydrogens is 390 g/mol. The molecule has 1 aliphatic heterocycles. The summed E-state index contributed by atoms with van der Waals surface area (Å²) in [5.41, 5.74) is 0. The number of rotatable bonds is 23. The second-order valence-electron chi connectivity index (χ2n) is 10.3. The predicted octanol–water partition coefficient (Wildman–Crippen LogP) is 9.77. The zero-order valence-electron chi connectivity index (χ0n) is 21.9. The smallest absolute Gasteiger partial charge is 0.222 e. The highest BCUT2D eigenvalue weighted by molar-refractivity contribution is 5.76. The number of hydrogen-bond donors (Lipinski definition) is 0. The molecule has 1 amide bonds. The number of hydrogen-bond acceptors (Lipinski definition) is 1. The van der Waals surface area contributed by atoms with Crippen LogP contribution in [0.2, 0.25) is 0 Å². The van der Waals surface area contributed by atoms with Gasteiger partial charge in [-0.15, -0.1) is 0 Å². The molecule has 0 aromatic heterocycles. The molecule has 1 rings (SSSR count). The van der Waals surface area contributed by atoms with E-state index >= 15 is 0 Å². The largest absolute Gasteiger partial charge is 0.343 e. The van der Waals surface area contributed by atoms with E-state index in [2.05, 4.69) is 24.0 Å². The average Bonchev–Trinajstić information content (AvgIpc) is 3.34. The summed E-state index contributed by atoms with van der Waals surface area (Å²) < 4.78 is 0. The second-order valence-corrected chi connectivity index (χ2v) is 10.3. The minimum atomic E-state index is 0.406. The van der Waals surface area contributed by atoms with Gasteiger partial charge in [0.25, 0.3) is 0 Å². The third-order valence-corrected chi connectivity index (χ3v) is 7.11. The van der Waals surface area contributed by atoms with Crippen molar-refractivity contribution in [2.24, 2.45) is 0 Å². The van der Waals surface area contributed by atoms with Crippen molar-refractivity contribution in [2.75, 3.05) is 13.1 Å². The summed E-state index contributed by atoms with van der Waals surface area (Å²) in [6, 6.07) is 0. The topological polar surface area (TPSA) is 20.3 Å². The molecule has 0 aliphatic carbocycles. The first-order valence-corrected chi connectivity index (χ1v) is 14.8. The van der Waals surface area contributed by atoms with Gasteiger partial charge in [0.05, 0.1) is 0 Å². The Labute approximate surface area is 202 Å². The van der Waals surface area contributed by atoms with Gasteiger partial charge in [0.15, 0.2) is 0 Å². The first kappa shape index (κ1) is 29.2. The Bertz CT molecular complexity index is 425. The van der Waals surface area contributed by atoms with E-state index in [0.29, 0.717) is 5.91 Å². The fourth-order valence-electron chi connectivity index (χ4n) is 4.89. The van der Waals surface area contributed by atoms with E-state index in [1.54, 1.807) is 0 Å². The Kier molecular flexibility index (Phi) is 21.4. The lowest BCUT2D eigenvalue weighted by Crippen LogP contribution is -2.27. The van der Waals surface area contributed by atoms with Gasteiger partial charge in [-0.05, 0) is 44.9 Å². The van der Waals surface area contributed by atoms with Crippen molar-refractivity contribution in [3.63, 3.8) is 0 Å². The molecule has 0 N–H and O–H groups in total. The Morgan fingerprint density at radius 2 is 0.938 bits per heavy atom. The number of carbonyl (C=O) groups excluding carboxylic acids is 1. The standard InChI is InChI=1S/C30H57NO/c1-2-3-4-5-6-7-8-9-10-11-12-13-14-15-16-17-18-19-20-21-22-23-24-27-30(32)31-28-25-26-29-31/h7-8H,2-6,9-29H2,1H3/b8-7-. The zero-order chi connectivity index (χ0) is 23.0. The van der Waals surface area contributed by atoms with Crippen LogP contribution < -0.4 is 0 Å². The number of unbranched alkanes of at least 4 members (excludes halogenated alkanes) is 19. The van der Waals surface area contributed by atoms with Crippen LogP contribution in [0.3, 0.4) is 0 Å². The monoisotopic (exact) mass is 447 g/mol. The quantitative estimate of drug-likeness (QED) is 0.113. The molecule has 0 radical (unpaired) electrons. The van der Waals surface area contributed by atoms with Crippen LogP contribution in [0.25, 0.3) is 0 Å². The van der Waals surface area contributed by atoms with Gasteiger partial charge < -0.3 is 4.90 Å². The van der Waals surface area contributed by atoms with Crippen LogP contribution in [-0.2, 0) is 4.79 Å². The molecule has 0 saturated carbocycles. The molecule has 0 spiro atoms. The van der Waals surface area contributed by atoms with E-state index in [1.165, 1.54) is 141 Å². The fourth-order valence-corrected chi connectivity index (χ4v) is 4.89. The van der Waals surface area contributed by atoms with Crippen molar-refractivity contribution in [2.45, 2.75) is 161 Å². The van der Waals surface area contributed by atoms with E-state index in [9.17, 15) is 4.79 Å². The minimum absolute atomic E-state index is 0.406. The summed E-state index contributed by atoms with van der Waals surface area (Å²) in [4.78, 5) is 14.1. The zero-order valence-corrected chi connectivity index (χ0v) is 21.9. The lowest BCUT2D eigenvalue weighted by atomic mass is 10.0. The maximum Gasteiger partial charge on any atom is 0.222 e. The molecule has 188 valence electrons. The maximum absolute atomic E-state index is 12.0. The molecule has 0 aromatic rings. The molecule has 2 heteroatoms. The second kappa shape index (κ2) is 23.4. The fraction of sp³-hybridized carbons (Fsp3) is 0.900. The van der Waals surface area contributed by atoms with Crippen LogP contribution in [0.4, 0.5) is 0 Å². The van der Waals surface area contributed by atoms with E-state index in [4.69, 9.17) is 0 Å². The van der Waals surface area contributed by atoms with Gasteiger partial charge in [-0.2, -0.15) is 0 Å². The van der Waals surface area contributed by atoms with Crippen molar-refractivity contribution in [1.29, 1.82) is 0 Å². The molecule has 0 bridgehead atoms. The van der Waals surface area contributed by atoms with Crippen molar-refractivity contribution >= 4 is 5.91 Å². The first-order chi connectivity index (χ1) is 15.8. The van der Waals surface area contributed by atoms with Gasteiger partial charge in [0.2, 0.25) is 5.91 Å². The Morgan fingerprint density at radius 3 is 1.38 bits per heavy atom. The van der Waals surface area contributed by atoms with Gasteiger partial charge in [-0.25, -0.2) is 0 Å². The number of carbonyl (C=O) groups is 1. The van der Waals surface area contributed by atoms with Crippen LogP contribution in [0.15, 0.2) is 12.2 Å². The molecule has 0 unspecified atom stereocenters. The molecular formula is C30H57NO. The van der Waals surface area contributed by atoms with E-state index < -0.39 is 0 Å². The number of nitrogens with zero attached hydrogens (tertiary/aromatic N) is 1. The highest BCUT2D eigenvalue weighted by atomic mass is 16.2. The summed E-state index contributed by atoms with van der Waals surface area (Å²) in [5, 5.41) is 0. The van der Waals surface area contributed by atoms with Gasteiger partial charge in [0, 0.05) is 19.5 Å². The van der Waals surface area contributed by atoms with Crippen molar-refractivity contribution in [3.8, 4) is 0 Å². The van der Waals surface area contributed by atoms with Gasteiger partial charge >= 0.3 is 0 Å². The van der Waals surface area contributed by atoms with Crippen LogP contribution in [0, 0.1) is 0 Å².